The molecule has 108 valence electrons. The van der Waals surface area contributed by atoms with Gasteiger partial charge in [0.1, 0.15) is 0 Å². The van der Waals surface area contributed by atoms with Crippen molar-refractivity contribution in [2.75, 3.05) is 33.2 Å². The Morgan fingerprint density at radius 1 is 1.26 bits per heavy atom. The third-order valence-corrected chi connectivity index (χ3v) is 5.60. The van der Waals surface area contributed by atoms with E-state index < -0.39 is 0 Å². The normalized spacial score (nSPS) is 38.9. The van der Waals surface area contributed by atoms with Crippen LogP contribution in [0.4, 0.5) is 0 Å². The van der Waals surface area contributed by atoms with Gasteiger partial charge in [-0.3, -0.25) is 4.79 Å². The molecule has 0 aromatic rings. The van der Waals surface area contributed by atoms with Gasteiger partial charge < -0.3 is 15.5 Å². The van der Waals surface area contributed by atoms with Crippen molar-refractivity contribution in [1.29, 1.82) is 0 Å². The molecule has 3 fully saturated rings. The lowest BCUT2D eigenvalue weighted by molar-refractivity contribution is -0.137. The zero-order valence-corrected chi connectivity index (χ0v) is 12.1. The molecule has 2 bridgehead atoms. The summed E-state index contributed by atoms with van der Waals surface area (Å²) >= 11 is 0. The molecule has 1 aliphatic heterocycles. The fraction of sp³-hybridized carbons (Fsp3) is 0.933. The Kier molecular flexibility index (Phi) is 3.81. The van der Waals surface area contributed by atoms with Gasteiger partial charge in [0.2, 0.25) is 5.91 Å². The minimum atomic E-state index is 0.227. The second-order valence-electron chi connectivity index (χ2n) is 6.88. The lowest BCUT2D eigenvalue weighted by atomic mass is 9.86. The van der Waals surface area contributed by atoms with Crippen molar-refractivity contribution in [2.45, 2.75) is 38.1 Å². The number of fused-ring (bicyclic) bond motifs is 2. The molecule has 0 radical (unpaired) electrons. The summed E-state index contributed by atoms with van der Waals surface area (Å²) in [6.07, 6.45) is 6.25. The topological polar surface area (TPSA) is 49.6 Å². The first-order valence-electron chi connectivity index (χ1n) is 7.85. The molecule has 3 rings (SSSR count). The average Bonchev–Trinajstić information content (AvgIpc) is 3.00. The number of piperazine rings is 1. The second-order valence-corrected chi connectivity index (χ2v) is 6.88. The quantitative estimate of drug-likeness (QED) is 0.825. The van der Waals surface area contributed by atoms with Crippen molar-refractivity contribution in [1.82, 2.24) is 9.80 Å². The minimum Gasteiger partial charge on any atom is -0.336 e. The minimum absolute atomic E-state index is 0.227. The highest BCUT2D eigenvalue weighted by Gasteiger charge is 2.41. The monoisotopic (exact) mass is 265 g/mol. The van der Waals surface area contributed by atoms with E-state index in [1.165, 1.54) is 25.7 Å². The molecule has 1 heterocycles. The summed E-state index contributed by atoms with van der Waals surface area (Å²) < 4.78 is 0. The molecule has 0 aromatic carbocycles. The van der Waals surface area contributed by atoms with E-state index in [0.29, 0.717) is 18.4 Å². The number of amides is 1. The summed E-state index contributed by atoms with van der Waals surface area (Å²) in [5.74, 6) is 2.81. The highest BCUT2D eigenvalue weighted by Crippen LogP contribution is 2.49. The third kappa shape index (κ3) is 2.65. The predicted molar refractivity (Wildman–Crippen MR) is 75.6 cm³/mol. The summed E-state index contributed by atoms with van der Waals surface area (Å²) in [6, 6.07) is 0.227. The summed E-state index contributed by atoms with van der Waals surface area (Å²) in [7, 11) is 2.11. The average molecular weight is 265 g/mol. The van der Waals surface area contributed by atoms with Crippen molar-refractivity contribution in [3.63, 3.8) is 0 Å². The van der Waals surface area contributed by atoms with Crippen molar-refractivity contribution in [3.8, 4) is 0 Å². The smallest absolute Gasteiger partial charge is 0.223 e. The molecule has 3 aliphatic rings. The maximum atomic E-state index is 12.6. The summed E-state index contributed by atoms with van der Waals surface area (Å²) in [4.78, 5) is 16.9. The number of nitrogens with zero attached hydrogens (tertiary/aromatic N) is 2. The van der Waals surface area contributed by atoms with E-state index in [1.807, 2.05) is 0 Å². The van der Waals surface area contributed by atoms with Crippen molar-refractivity contribution in [2.24, 2.45) is 23.5 Å². The van der Waals surface area contributed by atoms with E-state index in [1.54, 1.807) is 0 Å². The maximum absolute atomic E-state index is 12.6. The van der Waals surface area contributed by atoms with Crippen LogP contribution in [-0.4, -0.2) is 55.0 Å². The van der Waals surface area contributed by atoms with Crippen LogP contribution in [0, 0.1) is 17.8 Å². The standard InChI is InChI=1S/C15H27N3O/c1-17-4-5-18(14(9-16)10-17)15(19)8-13-7-11-2-3-12(13)6-11/h11-14H,2-10,16H2,1H3. The number of hydrogen-bond acceptors (Lipinski definition) is 3. The first-order chi connectivity index (χ1) is 9.17. The maximum Gasteiger partial charge on any atom is 0.223 e. The van der Waals surface area contributed by atoms with Crippen molar-refractivity contribution < 1.29 is 4.79 Å². The Bertz CT molecular complexity index is 346. The van der Waals surface area contributed by atoms with E-state index in [2.05, 4.69) is 16.8 Å². The molecule has 2 saturated carbocycles. The van der Waals surface area contributed by atoms with E-state index in [9.17, 15) is 4.79 Å². The summed E-state index contributed by atoms with van der Waals surface area (Å²) in [6.45, 7) is 3.36. The molecule has 4 nitrogen and oxygen atoms in total. The van der Waals surface area contributed by atoms with Gasteiger partial charge in [-0.05, 0) is 44.1 Å². The molecule has 19 heavy (non-hydrogen) atoms. The number of rotatable bonds is 3. The Morgan fingerprint density at radius 3 is 2.74 bits per heavy atom. The van der Waals surface area contributed by atoms with Gasteiger partial charge in [-0.1, -0.05) is 6.42 Å². The van der Waals surface area contributed by atoms with Crippen LogP contribution in [0.3, 0.4) is 0 Å². The van der Waals surface area contributed by atoms with Crippen LogP contribution in [0.2, 0.25) is 0 Å². The SMILES string of the molecule is CN1CCN(C(=O)CC2CC3CCC2C3)C(CN)C1. The Hall–Kier alpha value is -0.610. The van der Waals surface area contributed by atoms with Crippen molar-refractivity contribution >= 4 is 5.91 Å². The van der Waals surface area contributed by atoms with Crippen LogP contribution in [0.15, 0.2) is 0 Å². The molecule has 1 saturated heterocycles. The highest BCUT2D eigenvalue weighted by atomic mass is 16.2. The molecule has 2 N–H and O–H groups in total. The van der Waals surface area contributed by atoms with Gasteiger partial charge in [0, 0.05) is 32.6 Å². The zero-order valence-electron chi connectivity index (χ0n) is 12.1. The van der Waals surface area contributed by atoms with E-state index in [0.717, 1.165) is 37.9 Å². The van der Waals surface area contributed by atoms with Crippen molar-refractivity contribution in [3.05, 3.63) is 0 Å². The zero-order chi connectivity index (χ0) is 13.4. The van der Waals surface area contributed by atoms with Crippen LogP contribution < -0.4 is 5.73 Å². The van der Waals surface area contributed by atoms with Gasteiger partial charge in [0.15, 0.2) is 0 Å². The third-order valence-electron chi connectivity index (χ3n) is 5.60. The molecule has 1 amide bonds. The van der Waals surface area contributed by atoms with Crippen LogP contribution in [-0.2, 0) is 4.79 Å². The molecule has 2 aliphatic carbocycles. The largest absolute Gasteiger partial charge is 0.336 e. The van der Waals surface area contributed by atoms with Gasteiger partial charge in [-0.2, -0.15) is 0 Å². The summed E-state index contributed by atoms with van der Waals surface area (Å²) in [5.41, 5.74) is 5.84. The molecule has 0 aromatic heterocycles. The second kappa shape index (κ2) is 5.41. The van der Waals surface area contributed by atoms with Crippen LogP contribution in [0.25, 0.3) is 0 Å². The number of likely N-dealkylation sites (N-methyl/N-ethyl adjacent to an activating group) is 1. The van der Waals surface area contributed by atoms with E-state index in [-0.39, 0.29) is 6.04 Å². The first kappa shape index (κ1) is 13.4. The molecule has 0 spiro atoms. The lowest BCUT2D eigenvalue weighted by Crippen LogP contribution is -2.57. The summed E-state index contributed by atoms with van der Waals surface area (Å²) in [5, 5.41) is 0. The number of carbonyl (C=O) groups excluding carboxylic acids is 1. The molecular weight excluding hydrogens is 238 g/mol. The van der Waals surface area contributed by atoms with Gasteiger partial charge in [-0.15, -0.1) is 0 Å². The highest BCUT2D eigenvalue weighted by molar-refractivity contribution is 5.77. The van der Waals surface area contributed by atoms with Crippen LogP contribution in [0.5, 0.6) is 0 Å². The van der Waals surface area contributed by atoms with E-state index >= 15 is 0 Å². The van der Waals surface area contributed by atoms with Crippen LogP contribution >= 0.6 is 0 Å². The Balaban J connectivity index is 1.57. The first-order valence-corrected chi connectivity index (χ1v) is 7.85. The fourth-order valence-corrected chi connectivity index (χ4v) is 4.51. The van der Waals surface area contributed by atoms with Gasteiger partial charge in [0.25, 0.3) is 0 Å². The lowest BCUT2D eigenvalue weighted by Gasteiger charge is -2.40. The Labute approximate surface area is 116 Å². The Morgan fingerprint density at radius 2 is 2.11 bits per heavy atom. The molecule has 4 unspecified atom stereocenters. The van der Waals surface area contributed by atoms with Gasteiger partial charge in [0.05, 0.1) is 6.04 Å². The van der Waals surface area contributed by atoms with Gasteiger partial charge >= 0.3 is 0 Å². The number of nitrogens with two attached hydrogens (primary N) is 1. The van der Waals surface area contributed by atoms with Gasteiger partial charge in [-0.25, -0.2) is 0 Å². The molecule has 4 heteroatoms. The predicted octanol–water partition coefficient (Wildman–Crippen LogP) is 0.914. The fourth-order valence-electron chi connectivity index (χ4n) is 4.51. The van der Waals surface area contributed by atoms with E-state index in [4.69, 9.17) is 5.73 Å². The molecule has 4 atom stereocenters. The number of carbonyl (C=O) groups is 1. The van der Waals surface area contributed by atoms with Crippen LogP contribution in [0.1, 0.15) is 32.1 Å². The molecular formula is C15H27N3O. The number of hydrogen-bond donors (Lipinski definition) is 1.